The lowest BCUT2D eigenvalue weighted by atomic mass is 10.1. The lowest BCUT2D eigenvalue weighted by Crippen LogP contribution is -2.42. The number of amides is 2. The van der Waals surface area contributed by atoms with E-state index in [0.29, 0.717) is 50.3 Å². The van der Waals surface area contributed by atoms with Gasteiger partial charge in [0, 0.05) is 43.3 Å². The maximum atomic E-state index is 12.8. The third-order valence-corrected chi connectivity index (χ3v) is 5.52. The highest BCUT2D eigenvalue weighted by atomic mass is 16.5. The number of nitrogens with zero attached hydrogens (tertiary/aromatic N) is 3. The summed E-state index contributed by atoms with van der Waals surface area (Å²) in [5.41, 5.74) is 1.08. The van der Waals surface area contributed by atoms with Crippen LogP contribution in [0.5, 0.6) is 0 Å². The van der Waals surface area contributed by atoms with Gasteiger partial charge in [0.15, 0.2) is 0 Å². The Balaban J connectivity index is 1.73. The summed E-state index contributed by atoms with van der Waals surface area (Å²) in [5, 5.41) is 3.40. The van der Waals surface area contributed by atoms with E-state index in [0.717, 1.165) is 18.6 Å². The monoisotopic (exact) mass is 414 g/mol. The average Bonchev–Trinajstić information content (AvgIpc) is 3.15. The number of para-hydroxylation sites is 1. The molecule has 0 aliphatic carbocycles. The quantitative estimate of drug-likeness (QED) is 0.491. The number of likely N-dealkylation sites (N-methyl/N-ethyl adjacent to an activating group) is 1. The minimum Gasteiger partial charge on any atom is -0.378 e. The number of fused-ring (bicyclic) bond motifs is 1. The molecule has 1 aromatic heterocycles. The van der Waals surface area contributed by atoms with Gasteiger partial charge in [0.1, 0.15) is 6.54 Å². The third kappa shape index (κ3) is 5.06. The number of hydrogen-bond donors (Lipinski definition) is 1. The van der Waals surface area contributed by atoms with Gasteiger partial charge in [0.2, 0.25) is 5.91 Å². The number of nitrogens with one attached hydrogen (secondary N) is 1. The fourth-order valence-electron chi connectivity index (χ4n) is 3.69. The molecule has 0 spiro atoms. The van der Waals surface area contributed by atoms with Crippen molar-refractivity contribution in [1.82, 2.24) is 19.7 Å². The van der Waals surface area contributed by atoms with E-state index in [9.17, 15) is 14.4 Å². The van der Waals surface area contributed by atoms with Gasteiger partial charge in [-0.25, -0.2) is 0 Å². The number of Topliss-reactive ketones (excluding diaryl/α,β-unsaturated/α-hetero) is 1. The van der Waals surface area contributed by atoms with Gasteiger partial charge in [-0.05, 0) is 19.2 Å². The van der Waals surface area contributed by atoms with Crippen LogP contribution >= 0.6 is 0 Å². The van der Waals surface area contributed by atoms with Crippen molar-refractivity contribution in [2.24, 2.45) is 0 Å². The van der Waals surface area contributed by atoms with E-state index in [-0.39, 0.29) is 12.5 Å². The van der Waals surface area contributed by atoms with Crippen molar-refractivity contribution in [2.45, 2.75) is 20.4 Å². The summed E-state index contributed by atoms with van der Waals surface area (Å²) in [6, 6.07) is 7.35. The second-order valence-electron chi connectivity index (χ2n) is 7.29. The van der Waals surface area contributed by atoms with Gasteiger partial charge in [-0.1, -0.05) is 32.0 Å². The van der Waals surface area contributed by atoms with Gasteiger partial charge in [-0.3, -0.25) is 14.4 Å². The summed E-state index contributed by atoms with van der Waals surface area (Å²) < 4.78 is 7.05. The van der Waals surface area contributed by atoms with Crippen molar-refractivity contribution in [3.05, 3.63) is 36.0 Å². The van der Waals surface area contributed by atoms with Gasteiger partial charge in [0.25, 0.3) is 11.7 Å². The maximum Gasteiger partial charge on any atom is 0.292 e. The SMILES string of the molecule is CCN(CC)CCNC(=O)C(=O)c1cn(CC(=O)N2CCOCC2)c2ccccc12. The predicted molar refractivity (Wildman–Crippen MR) is 114 cm³/mol. The van der Waals surface area contributed by atoms with Crippen molar-refractivity contribution in [3.8, 4) is 0 Å². The second-order valence-corrected chi connectivity index (χ2v) is 7.29. The molecule has 30 heavy (non-hydrogen) atoms. The van der Waals surface area contributed by atoms with Crippen molar-refractivity contribution in [2.75, 3.05) is 52.5 Å². The molecule has 1 saturated heterocycles. The van der Waals surface area contributed by atoms with E-state index >= 15 is 0 Å². The molecule has 0 radical (unpaired) electrons. The molecule has 2 amide bonds. The number of carbonyl (C=O) groups is 3. The molecule has 1 N–H and O–H groups in total. The van der Waals surface area contributed by atoms with Crippen LogP contribution in [0, 0.1) is 0 Å². The summed E-state index contributed by atoms with van der Waals surface area (Å²) in [5.74, 6) is -1.23. The van der Waals surface area contributed by atoms with E-state index in [1.54, 1.807) is 15.7 Å². The first-order chi connectivity index (χ1) is 14.5. The third-order valence-electron chi connectivity index (χ3n) is 5.52. The Morgan fingerprint density at radius 2 is 1.80 bits per heavy atom. The molecule has 162 valence electrons. The van der Waals surface area contributed by atoms with Crippen LogP contribution in [0.25, 0.3) is 10.9 Å². The summed E-state index contributed by atoms with van der Waals surface area (Å²) >= 11 is 0. The van der Waals surface area contributed by atoms with Gasteiger partial charge in [-0.15, -0.1) is 0 Å². The van der Waals surface area contributed by atoms with E-state index in [2.05, 4.69) is 24.1 Å². The van der Waals surface area contributed by atoms with Gasteiger partial charge >= 0.3 is 0 Å². The summed E-state index contributed by atoms with van der Waals surface area (Å²) in [6.07, 6.45) is 1.62. The molecule has 1 aliphatic heterocycles. The number of rotatable bonds is 9. The van der Waals surface area contributed by atoms with E-state index in [4.69, 9.17) is 4.74 Å². The zero-order valence-corrected chi connectivity index (χ0v) is 17.7. The summed E-state index contributed by atoms with van der Waals surface area (Å²) in [7, 11) is 0. The van der Waals surface area contributed by atoms with Crippen LogP contribution in [-0.4, -0.2) is 84.4 Å². The van der Waals surface area contributed by atoms with Gasteiger partial charge in [-0.2, -0.15) is 0 Å². The molecule has 8 heteroatoms. The first kappa shape index (κ1) is 22.0. The molecule has 8 nitrogen and oxygen atoms in total. The Morgan fingerprint density at radius 1 is 1.10 bits per heavy atom. The first-order valence-corrected chi connectivity index (χ1v) is 10.5. The number of morpholine rings is 1. The summed E-state index contributed by atoms with van der Waals surface area (Å²) in [6.45, 7) is 9.35. The van der Waals surface area contributed by atoms with Crippen LogP contribution in [0.1, 0.15) is 24.2 Å². The zero-order valence-electron chi connectivity index (χ0n) is 17.7. The largest absolute Gasteiger partial charge is 0.378 e. The van der Waals surface area contributed by atoms with E-state index in [1.807, 2.05) is 24.3 Å². The van der Waals surface area contributed by atoms with E-state index < -0.39 is 11.7 Å². The van der Waals surface area contributed by atoms with Crippen LogP contribution in [0.15, 0.2) is 30.5 Å². The molecule has 0 saturated carbocycles. The van der Waals surface area contributed by atoms with Crippen LogP contribution in [0.4, 0.5) is 0 Å². The Hall–Kier alpha value is -2.71. The van der Waals surface area contributed by atoms with Crippen molar-refractivity contribution in [3.63, 3.8) is 0 Å². The van der Waals surface area contributed by atoms with Crippen molar-refractivity contribution in [1.29, 1.82) is 0 Å². The average molecular weight is 415 g/mol. The Kier molecular flexibility index (Phi) is 7.59. The molecule has 1 aliphatic rings. The lowest BCUT2D eigenvalue weighted by molar-refractivity contribution is -0.135. The van der Waals surface area contributed by atoms with Crippen LogP contribution in [0.2, 0.25) is 0 Å². The maximum absolute atomic E-state index is 12.8. The topological polar surface area (TPSA) is 83.9 Å². The highest BCUT2D eigenvalue weighted by Crippen LogP contribution is 2.22. The second kappa shape index (κ2) is 10.4. The molecular weight excluding hydrogens is 384 g/mol. The molecule has 0 atom stereocenters. The smallest absolute Gasteiger partial charge is 0.292 e. The number of benzene rings is 1. The molecule has 0 unspecified atom stereocenters. The number of hydrogen-bond acceptors (Lipinski definition) is 5. The molecule has 0 bridgehead atoms. The Morgan fingerprint density at radius 3 is 2.50 bits per heavy atom. The van der Waals surface area contributed by atoms with Crippen molar-refractivity contribution >= 4 is 28.5 Å². The fraction of sp³-hybridized carbons (Fsp3) is 0.500. The normalized spacial score (nSPS) is 14.3. The number of aromatic nitrogens is 1. The van der Waals surface area contributed by atoms with Crippen molar-refractivity contribution < 1.29 is 19.1 Å². The molecule has 3 rings (SSSR count). The van der Waals surface area contributed by atoms with Gasteiger partial charge in [0.05, 0.1) is 18.8 Å². The molecular formula is C22H30N4O4. The fourth-order valence-corrected chi connectivity index (χ4v) is 3.69. The highest BCUT2D eigenvalue weighted by Gasteiger charge is 2.23. The van der Waals surface area contributed by atoms with E-state index in [1.165, 1.54) is 0 Å². The zero-order chi connectivity index (χ0) is 21.5. The van der Waals surface area contributed by atoms with Crippen LogP contribution in [0.3, 0.4) is 0 Å². The van der Waals surface area contributed by atoms with Crippen LogP contribution in [-0.2, 0) is 20.9 Å². The first-order valence-electron chi connectivity index (χ1n) is 10.5. The minimum atomic E-state index is -0.621. The number of ketones is 1. The molecule has 1 fully saturated rings. The number of carbonyl (C=O) groups excluding carboxylic acids is 3. The lowest BCUT2D eigenvalue weighted by Gasteiger charge is -2.27. The molecule has 2 aromatic rings. The molecule has 1 aromatic carbocycles. The predicted octanol–water partition coefficient (Wildman–Crippen LogP) is 1.14. The minimum absolute atomic E-state index is 0.0262. The Bertz CT molecular complexity index is 898. The van der Waals surface area contributed by atoms with Gasteiger partial charge < -0.3 is 24.4 Å². The number of ether oxygens (including phenoxy) is 1. The molecule has 2 heterocycles. The Labute approximate surface area is 176 Å². The summed E-state index contributed by atoms with van der Waals surface area (Å²) in [4.78, 5) is 41.9. The standard InChI is InChI=1S/C22H30N4O4/c1-3-24(4-2)10-9-23-22(29)21(28)18-15-26(19-8-6-5-7-17(18)19)16-20(27)25-11-13-30-14-12-25/h5-8,15H,3-4,9-14,16H2,1-2H3,(H,23,29). The highest BCUT2D eigenvalue weighted by molar-refractivity contribution is 6.45. The van der Waals surface area contributed by atoms with Crippen LogP contribution < -0.4 is 5.32 Å².